The predicted molar refractivity (Wildman–Crippen MR) is 59.8 cm³/mol. The third kappa shape index (κ3) is 3.01. The summed E-state index contributed by atoms with van der Waals surface area (Å²) in [6.07, 6.45) is 0.188. The van der Waals surface area contributed by atoms with Crippen molar-refractivity contribution in [3.8, 4) is 0 Å². The van der Waals surface area contributed by atoms with Gasteiger partial charge in [-0.15, -0.1) is 0 Å². The van der Waals surface area contributed by atoms with Crippen LogP contribution in [0.25, 0.3) is 0 Å². The Kier molecular flexibility index (Phi) is 4.01. The largest absolute Gasteiger partial charge is 0.334 e. The number of hydrogen-bond acceptors (Lipinski definition) is 3. The average Bonchev–Trinajstić information content (AvgIpc) is 2.13. The number of nitrogens with one attached hydrogen (secondary N) is 2. The van der Waals surface area contributed by atoms with Gasteiger partial charge in [0.05, 0.1) is 0 Å². The van der Waals surface area contributed by atoms with Crippen molar-refractivity contribution in [2.75, 3.05) is 0 Å². The zero-order chi connectivity index (χ0) is 12.3. The normalized spacial score (nSPS) is 13.2. The molecule has 0 saturated carbocycles. The summed E-state index contributed by atoms with van der Waals surface area (Å²) in [5.74, 6) is 0. The van der Waals surface area contributed by atoms with Gasteiger partial charge in [-0.25, -0.2) is 4.79 Å². The number of rotatable bonds is 3. The maximum Gasteiger partial charge on any atom is 0.330 e. The van der Waals surface area contributed by atoms with E-state index in [0.29, 0.717) is 0 Å². The Labute approximate surface area is 104 Å². The number of alkyl halides is 3. The molecule has 9 heteroatoms. The molecule has 0 aromatic carbocycles. The lowest BCUT2D eigenvalue weighted by molar-refractivity contribution is -0.110. The SMILES string of the molecule is O=CN[C@@H](n1ccc(=O)[nH]c1=O)C(Cl)(Cl)Cl. The fraction of sp³-hybridized carbons (Fsp3) is 0.286. The Hall–Kier alpha value is -0.980. The number of H-pyrrole nitrogens is 1. The van der Waals surface area contributed by atoms with E-state index in [-0.39, 0.29) is 6.41 Å². The van der Waals surface area contributed by atoms with Crippen LogP contribution in [0.1, 0.15) is 6.17 Å². The van der Waals surface area contributed by atoms with Crippen LogP contribution in [-0.4, -0.2) is 19.8 Å². The minimum atomic E-state index is -1.93. The molecular formula is C7H6Cl3N3O3. The van der Waals surface area contributed by atoms with Gasteiger partial charge in [-0.05, 0) is 0 Å². The third-order valence-corrected chi connectivity index (χ3v) is 2.29. The Bertz CT molecular complexity index is 490. The summed E-state index contributed by atoms with van der Waals surface area (Å²) >= 11 is 16.7. The topological polar surface area (TPSA) is 84.0 Å². The van der Waals surface area contributed by atoms with Crippen molar-refractivity contribution in [1.82, 2.24) is 14.9 Å². The van der Waals surface area contributed by atoms with Gasteiger partial charge in [0, 0.05) is 12.3 Å². The molecule has 0 radical (unpaired) electrons. The van der Waals surface area contributed by atoms with Gasteiger partial charge in [-0.3, -0.25) is 19.1 Å². The summed E-state index contributed by atoms with van der Waals surface area (Å²) in [6.45, 7) is 0. The lowest BCUT2D eigenvalue weighted by Gasteiger charge is -2.24. The molecule has 88 valence electrons. The van der Waals surface area contributed by atoms with E-state index in [0.717, 1.165) is 16.8 Å². The molecule has 0 fully saturated rings. The number of amides is 1. The molecule has 0 aliphatic heterocycles. The van der Waals surface area contributed by atoms with Gasteiger partial charge in [-0.2, -0.15) is 0 Å². The first kappa shape index (κ1) is 13.1. The molecule has 1 rings (SSSR count). The maximum absolute atomic E-state index is 11.4. The Morgan fingerprint density at radius 2 is 2.06 bits per heavy atom. The molecule has 1 heterocycles. The highest BCUT2D eigenvalue weighted by Crippen LogP contribution is 2.35. The van der Waals surface area contributed by atoms with Crippen molar-refractivity contribution in [2.24, 2.45) is 0 Å². The van der Waals surface area contributed by atoms with Crippen LogP contribution in [0.5, 0.6) is 0 Å². The van der Waals surface area contributed by atoms with Crippen molar-refractivity contribution in [2.45, 2.75) is 9.96 Å². The number of aromatic nitrogens is 2. The van der Waals surface area contributed by atoms with Gasteiger partial charge in [-0.1, -0.05) is 34.8 Å². The summed E-state index contributed by atoms with van der Waals surface area (Å²) in [4.78, 5) is 34.5. The number of hydrogen-bond donors (Lipinski definition) is 2. The van der Waals surface area contributed by atoms with E-state index in [2.05, 4.69) is 5.32 Å². The van der Waals surface area contributed by atoms with Crippen molar-refractivity contribution >= 4 is 41.2 Å². The van der Waals surface area contributed by atoms with Gasteiger partial charge in [0.2, 0.25) is 10.2 Å². The molecule has 0 spiro atoms. The van der Waals surface area contributed by atoms with Crippen LogP contribution in [0.15, 0.2) is 21.9 Å². The van der Waals surface area contributed by atoms with Gasteiger partial charge in [0.1, 0.15) is 0 Å². The summed E-state index contributed by atoms with van der Waals surface area (Å²) in [6, 6.07) is 1.07. The molecule has 16 heavy (non-hydrogen) atoms. The number of halogens is 3. The maximum atomic E-state index is 11.4. The molecule has 0 bridgehead atoms. The van der Waals surface area contributed by atoms with E-state index < -0.39 is 21.2 Å². The average molecular weight is 287 g/mol. The first-order chi connectivity index (χ1) is 7.36. The van der Waals surface area contributed by atoms with Crippen molar-refractivity contribution in [3.05, 3.63) is 33.1 Å². The molecule has 2 N–H and O–H groups in total. The first-order valence-electron chi connectivity index (χ1n) is 3.94. The fourth-order valence-electron chi connectivity index (χ4n) is 1.03. The Morgan fingerprint density at radius 1 is 1.44 bits per heavy atom. The van der Waals surface area contributed by atoms with Crippen LogP contribution < -0.4 is 16.6 Å². The first-order valence-corrected chi connectivity index (χ1v) is 5.07. The van der Waals surface area contributed by atoms with Crippen LogP contribution >= 0.6 is 34.8 Å². The van der Waals surface area contributed by atoms with Crippen LogP contribution in [0.3, 0.4) is 0 Å². The molecule has 1 atom stereocenters. The molecule has 1 amide bonds. The minimum absolute atomic E-state index is 0.282. The number of nitrogens with zero attached hydrogens (tertiary/aromatic N) is 1. The smallest absolute Gasteiger partial charge is 0.330 e. The van der Waals surface area contributed by atoms with Gasteiger partial charge in [0.25, 0.3) is 5.56 Å². The number of aromatic amines is 1. The van der Waals surface area contributed by atoms with E-state index >= 15 is 0 Å². The van der Waals surface area contributed by atoms with E-state index in [1.807, 2.05) is 4.98 Å². The highest BCUT2D eigenvalue weighted by atomic mass is 35.6. The zero-order valence-electron chi connectivity index (χ0n) is 7.62. The van der Waals surface area contributed by atoms with E-state index in [1.54, 1.807) is 0 Å². The predicted octanol–water partition coefficient (Wildman–Crippen LogP) is 0.151. The second-order valence-electron chi connectivity index (χ2n) is 2.75. The van der Waals surface area contributed by atoms with E-state index in [9.17, 15) is 14.4 Å². The Morgan fingerprint density at radius 3 is 2.50 bits per heavy atom. The molecule has 0 saturated heterocycles. The quantitative estimate of drug-likeness (QED) is 0.613. The number of carbonyl (C=O) groups excluding carboxylic acids is 1. The Balaban J connectivity index is 3.27. The third-order valence-electron chi connectivity index (χ3n) is 1.67. The lowest BCUT2D eigenvalue weighted by atomic mass is 10.5. The van der Waals surface area contributed by atoms with Gasteiger partial charge in [0.15, 0.2) is 6.17 Å². The highest BCUT2D eigenvalue weighted by Gasteiger charge is 2.34. The molecule has 6 nitrogen and oxygen atoms in total. The number of carbonyl (C=O) groups is 1. The van der Waals surface area contributed by atoms with E-state index in [4.69, 9.17) is 34.8 Å². The zero-order valence-corrected chi connectivity index (χ0v) is 9.88. The van der Waals surface area contributed by atoms with Crippen LogP contribution in [0, 0.1) is 0 Å². The van der Waals surface area contributed by atoms with Crippen molar-refractivity contribution < 1.29 is 4.79 Å². The standard InChI is InChI=1S/C7H6Cl3N3O3/c8-7(9,10)5(11-3-14)13-2-1-4(15)12-6(13)16/h1-3,5H,(H,11,14)(H,12,15,16)/t5-/m0/s1. The highest BCUT2D eigenvalue weighted by molar-refractivity contribution is 6.67. The van der Waals surface area contributed by atoms with Crippen LogP contribution in [-0.2, 0) is 4.79 Å². The second kappa shape index (κ2) is 4.90. The molecule has 0 aliphatic carbocycles. The van der Waals surface area contributed by atoms with Crippen molar-refractivity contribution in [1.29, 1.82) is 0 Å². The molecule has 0 aliphatic rings. The van der Waals surface area contributed by atoms with Crippen molar-refractivity contribution in [3.63, 3.8) is 0 Å². The molecule has 1 aromatic heterocycles. The summed E-state index contributed by atoms with van der Waals surface area (Å²) in [7, 11) is 0. The molecule has 0 unspecified atom stereocenters. The molecular weight excluding hydrogens is 280 g/mol. The second-order valence-corrected chi connectivity index (χ2v) is 5.12. The van der Waals surface area contributed by atoms with E-state index in [1.165, 1.54) is 0 Å². The fourth-order valence-corrected chi connectivity index (χ4v) is 1.53. The summed E-state index contributed by atoms with van der Waals surface area (Å²) in [5.41, 5.74) is -1.38. The monoisotopic (exact) mass is 285 g/mol. The van der Waals surface area contributed by atoms with Gasteiger partial charge < -0.3 is 5.32 Å². The lowest BCUT2D eigenvalue weighted by Crippen LogP contribution is -2.43. The molecule has 1 aromatic rings. The van der Waals surface area contributed by atoms with Crippen LogP contribution in [0.4, 0.5) is 0 Å². The summed E-state index contributed by atoms with van der Waals surface area (Å²) in [5, 5.41) is 2.16. The summed E-state index contributed by atoms with van der Waals surface area (Å²) < 4.78 is -1.04. The van der Waals surface area contributed by atoms with Crippen LogP contribution in [0.2, 0.25) is 0 Å². The minimum Gasteiger partial charge on any atom is -0.334 e. The van der Waals surface area contributed by atoms with Gasteiger partial charge >= 0.3 is 5.69 Å².